The second-order valence-corrected chi connectivity index (χ2v) is 10.6. The van der Waals surface area contributed by atoms with Crippen molar-refractivity contribution in [3.8, 4) is 28.5 Å². The topological polar surface area (TPSA) is 113 Å². The van der Waals surface area contributed by atoms with Crippen molar-refractivity contribution in [1.29, 1.82) is 0 Å². The van der Waals surface area contributed by atoms with Crippen LogP contribution < -0.4 is 15.2 Å². The second kappa shape index (κ2) is 10.4. The van der Waals surface area contributed by atoms with E-state index in [1.807, 2.05) is 0 Å². The van der Waals surface area contributed by atoms with Crippen molar-refractivity contribution < 1.29 is 40.6 Å². The number of hydrogen-bond acceptors (Lipinski definition) is 6. The third kappa shape index (κ3) is 5.48. The van der Waals surface area contributed by atoms with Crippen LogP contribution in [0.4, 0.5) is 22.0 Å². The summed E-state index contributed by atoms with van der Waals surface area (Å²) >= 11 is 5.94. The van der Waals surface area contributed by atoms with Gasteiger partial charge in [0.2, 0.25) is 0 Å². The number of carbonyl (C=O) groups excluding carboxylic acids is 1. The van der Waals surface area contributed by atoms with Crippen LogP contribution in [-0.2, 0) is 0 Å². The van der Waals surface area contributed by atoms with Crippen LogP contribution in [0.1, 0.15) is 40.1 Å². The molecule has 1 aliphatic heterocycles. The van der Waals surface area contributed by atoms with Gasteiger partial charge in [0, 0.05) is 24.1 Å². The number of alkyl halides is 5. The number of aromatic amines is 2. The molecule has 228 valence electrons. The van der Waals surface area contributed by atoms with Crippen molar-refractivity contribution >= 4 is 28.6 Å². The highest BCUT2D eigenvalue weighted by molar-refractivity contribution is 6.32. The zero-order valence-electron chi connectivity index (χ0n) is 22.7. The molecule has 0 aliphatic carbocycles. The number of aromatic nitrogens is 3. The molecule has 0 fully saturated rings. The Labute approximate surface area is 249 Å². The number of halogens is 6. The van der Waals surface area contributed by atoms with E-state index in [4.69, 9.17) is 20.8 Å². The van der Waals surface area contributed by atoms with Crippen LogP contribution in [0.25, 0.3) is 22.4 Å². The van der Waals surface area contributed by atoms with Crippen LogP contribution in [0.5, 0.6) is 17.2 Å². The molecular weight excluding hydrogens is 615 g/mol. The van der Waals surface area contributed by atoms with Gasteiger partial charge in [0.05, 0.1) is 23.1 Å². The van der Waals surface area contributed by atoms with E-state index in [1.54, 1.807) is 37.3 Å². The first-order chi connectivity index (χ1) is 20.7. The highest BCUT2D eigenvalue weighted by Crippen LogP contribution is 2.46. The molecular formula is C29H20ClF5N4O5. The van der Waals surface area contributed by atoms with Gasteiger partial charge in [-0.15, -0.1) is 13.2 Å². The van der Waals surface area contributed by atoms with E-state index in [0.29, 0.717) is 34.7 Å². The fourth-order valence-electron chi connectivity index (χ4n) is 5.21. The number of fused-ring (bicyclic) bond motifs is 2. The number of H-pyrrole nitrogens is 2. The van der Waals surface area contributed by atoms with Crippen LogP contribution in [0, 0.1) is 6.92 Å². The predicted octanol–water partition coefficient (Wildman–Crippen LogP) is 7.36. The summed E-state index contributed by atoms with van der Waals surface area (Å²) < 4.78 is 81.5. The zero-order chi connectivity index (χ0) is 31.6. The Balaban J connectivity index is 1.40. The predicted molar refractivity (Wildman–Crippen MR) is 147 cm³/mol. The summed E-state index contributed by atoms with van der Waals surface area (Å²) in [5.74, 6) is -4.82. The number of rotatable bonds is 7. The summed E-state index contributed by atoms with van der Waals surface area (Å²) in [4.78, 5) is 28.9. The molecule has 3 aromatic carbocycles. The quantitative estimate of drug-likeness (QED) is 0.181. The molecule has 3 heterocycles. The van der Waals surface area contributed by atoms with Gasteiger partial charge in [0.25, 0.3) is 11.8 Å². The number of nitrogens with one attached hydrogen (secondary N) is 2. The van der Waals surface area contributed by atoms with Gasteiger partial charge in [-0.05, 0) is 54.4 Å². The number of ether oxygens (including phenoxy) is 2. The Hall–Kier alpha value is -4.85. The smallest absolute Gasteiger partial charge is 0.457 e. The lowest BCUT2D eigenvalue weighted by Crippen LogP contribution is -2.38. The number of benzene rings is 3. The molecule has 1 unspecified atom stereocenters. The van der Waals surface area contributed by atoms with Crippen LogP contribution in [-0.4, -0.2) is 44.8 Å². The largest absolute Gasteiger partial charge is 0.573 e. The fraction of sp³-hybridized carbons (Fsp3) is 0.207. The van der Waals surface area contributed by atoms with E-state index in [-0.39, 0.29) is 33.5 Å². The third-order valence-corrected chi connectivity index (χ3v) is 7.18. The molecule has 1 amide bonds. The normalized spacial score (nSPS) is 15.2. The Bertz CT molecular complexity index is 1980. The molecule has 0 spiro atoms. The first kappa shape index (κ1) is 29.2. The average molecular weight is 635 g/mol. The molecule has 0 saturated carbocycles. The number of hydrogen-bond donors (Lipinski definition) is 2. The van der Waals surface area contributed by atoms with E-state index in [1.165, 1.54) is 12.1 Å². The molecule has 0 bridgehead atoms. The van der Waals surface area contributed by atoms with Gasteiger partial charge in [-0.3, -0.25) is 14.9 Å². The van der Waals surface area contributed by atoms with E-state index in [9.17, 15) is 31.5 Å². The van der Waals surface area contributed by atoms with E-state index in [2.05, 4.69) is 19.9 Å². The average Bonchev–Trinajstić information content (AvgIpc) is 3.59. The van der Waals surface area contributed by atoms with E-state index < -0.39 is 42.3 Å². The molecule has 1 atom stereocenters. The van der Waals surface area contributed by atoms with Gasteiger partial charge < -0.3 is 18.8 Å². The number of oxazole rings is 1. The molecule has 9 nitrogen and oxygen atoms in total. The minimum Gasteiger partial charge on any atom is -0.457 e. The van der Waals surface area contributed by atoms with Crippen LogP contribution >= 0.6 is 11.6 Å². The number of amides is 1. The lowest BCUT2D eigenvalue weighted by atomic mass is 9.94. The first-order valence-corrected chi connectivity index (χ1v) is 13.3. The highest BCUT2D eigenvalue weighted by atomic mass is 35.5. The summed E-state index contributed by atoms with van der Waals surface area (Å²) in [6, 6.07) is 12.0. The minimum absolute atomic E-state index is 0.0120. The van der Waals surface area contributed by atoms with Gasteiger partial charge in [0.15, 0.2) is 5.58 Å². The Morgan fingerprint density at radius 1 is 1.05 bits per heavy atom. The van der Waals surface area contributed by atoms with Crippen molar-refractivity contribution in [3.05, 3.63) is 92.6 Å². The van der Waals surface area contributed by atoms with Gasteiger partial charge in [-0.1, -0.05) is 23.7 Å². The molecule has 2 aromatic heterocycles. The number of nitrogens with zero attached hydrogens (tertiary/aromatic N) is 2. The van der Waals surface area contributed by atoms with Crippen molar-refractivity contribution in [1.82, 2.24) is 20.1 Å². The lowest BCUT2D eigenvalue weighted by molar-refractivity contribution is -0.274. The summed E-state index contributed by atoms with van der Waals surface area (Å²) in [5.41, 5.74) is 2.47. The molecule has 1 aliphatic rings. The summed E-state index contributed by atoms with van der Waals surface area (Å²) in [7, 11) is 0. The second-order valence-electron chi connectivity index (χ2n) is 10.2. The SMILES string of the molecule is Cc1cc(C2c3c(-c4cccc5[nH]c(=O)oc45)n[nH]c3C(=O)N2CC(C)(F)F)ccc1Oc1ccc(OC(F)(F)F)c(Cl)c1. The highest BCUT2D eigenvalue weighted by Gasteiger charge is 2.45. The van der Waals surface area contributed by atoms with Gasteiger partial charge in [-0.2, -0.15) is 5.10 Å². The molecule has 6 rings (SSSR count). The summed E-state index contributed by atoms with van der Waals surface area (Å²) in [5, 5.41) is 6.64. The maximum atomic E-state index is 14.4. The van der Waals surface area contributed by atoms with Gasteiger partial charge >= 0.3 is 12.1 Å². The third-order valence-electron chi connectivity index (χ3n) is 6.88. The first-order valence-electron chi connectivity index (χ1n) is 12.9. The maximum absolute atomic E-state index is 14.4. The number of aryl methyl sites for hydroxylation is 1. The zero-order valence-corrected chi connectivity index (χ0v) is 23.4. The minimum atomic E-state index is -4.92. The number of carbonyl (C=O) groups is 1. The fourth-order valence-corrected chi connectivity index (χ4v) is 5.42. The monoisotopic (exact) mass is 634 g/mol. The van der Waals surface area contributed by atoms with Crippen molar-refractivity contribution in [2.45, 2.75) is 32.2 Å². The lowest BCUT2D eigenvalue weighted by Gasteiger charge is -2.29. The van der Waals surface area contributed by atoms with Crippen molar-refractivity contribution in [2.24, 2.45) is 0 Å². The summed E-state index contributed by atoms with van der Waals surface area (Å²) in [6.45, 7) is 1.48. The van der Waals surface area contributed by atoms with Crippen LogP contribution in [0.3, 0.4) is 0 Å². The maximum Gasteiger partial charge on any atom is 0.573 e. The van der Waals surface area contributed by atoms with Crippen LogP contribution in [0.2, 0.25) is 5.02 Å². The van der Waals surface area contributed by atoms with Crippen molar-refractivity contribution in [2.75, 3.05) is 6.54 Å². The summed E-state index contributed by atoms with van der Waals surface area (Å²) in [6.07, 6.45) is -4.92. The number of para-hydroxylation sites is 1. The molecule has 0 radical (unpaired) electrons. The molecule has 0 saturated heterocycles. The van der Waals surface area contributed by atoms with Crippen LogP contribution in [0.15, 0.2) is 63.8 Å². The van der Waals surface area contributed by atoms with Gasteiger partial charge in [0.1, 0.15) is 28.6 Å². The molecule has 2 N–H and O–H groups in total. The van der Waals surface area contributed by atoms with E-state index >= 15 is 0 Å². The van der Waals surface area contributed by atoms with Crippen molar-refractivity contribution in [3.63, 3.8) is 0 Å². The standard InChI is InChI=1S/C29H20ClF5N4O5/c1-13-10-14(6-8-19(13)42-15-7-9-20(17(30)11-15)44-29(33,34)35)24-21-22(16-4-3-5-18-25(16)43-27(41)36-18)37-38-23(21)26(40)39(24)12-28(2,31)32/h3-11,24H,12H2,1-2H3,(H,36,41)(H,37,38). The van der Waals surface area contributed by atoms with E-state index in [0.717, 1.165) is 17.0 Å². The Morgan fingerprint density at radius 2 is 1.80 bits per heavy atom. The molecule has 44 heavy (non-hydrogen) atoms. The Kier molecular flexibility index (Phi) is 6.91. The Morgan fingerprint density at radius 3 is 2.48 bits per heavy atom. The molecule has 15 heteroatoms. The van der Waals surface area contributed by atoms with Gasteiger partial charge in [-0.25, -0.2) is 13.6 Å². The molecule has 5 aromatic rings.